The number of rotatable bonds is 3. The molecule has 2 atom stereocenters. The average molecular weight is 255 g/mol. The van der Waals surface area contributed by atoms with Crippen molar-refractivity contribution < 1.29 is 4.74 Å². The lowest BCUT2D eigenvalue weighted by Gasteiger charge is -2.37. The highest BCUT2D eigenvalue weighted by Gasteiger charge is 2.26. The summed E-state index contributed by atoms with van der Waals surface area (Å²) in [6.45, 7) is 4.20. The van der Waals surface area contributed by atoms with Crippen molar-refractivity contribution in [1.82, 2.24) is 4.98 Å². The Morgan fingerprint density at radius 1 is 1.53 bits per heavy atom. The zero-order valence-corrected chi connectivity index (χ0v) is 11.2. The van der Waals surface area contributed by atoms with E-state index in [0.717, 1.165) is 31.0 Å². The van der Waals surface area contributed by atoms with Gasteiger partial charge in [0.05, 0.1) is 17.7 Å². The molecule has 0 N–H and O–H groups in total. The summed E-state index contributed by atoms with van der Waals surface area (Å²) in [5.41, 5.74) is 0.928. The molecule has 1 saturated heterocycles. The zero-order valence-electron chi connectivity index (χ0n) is 10.4. The fourth-order valence-corrected chi connectivity index (χ4v) is 2.42. The summed E-state index contributed by atoms with van der Waals surface area (Å²) in [5, 5.41) is 0. The van der Waals surface area contributed by atoms with Gasteiger partial charge in [0.1, 0.15) is 5.82 Å². The maximum absolute atomic E-state index is 5.81. The molecule has 2 unspecified atom stereocenters. The van der Waals surface area contributed by atoms with E-state index in [-0.39, 0.29) is 0 Å². The van der Waals surface area contributed by atoms with Gasteiger partial charge in [0, 0.05) is 20.2 Å². The van der Waals surface area contributed by atoms with E-state index >= 15 is 0 Å². The zero-order chi connectivity index (χ0) is 12.3. The third kappa shape index (κ3) is 2.90. The van der Waals surface area contributed by atoms with Crippen LogP contribution in [-0.4, -0.2) is 31.3 Å². The number of piperidine rings is 1. The molecule has 1 aliphatic heterocycles. The second kappa shape index (κ2) is 5.69. The van der Waals surface area contributed by atoms with Crippen LogP contribution in [0.25, 0.3) is 0 Å². The Kier molecular flexibility index (Phi) is 4.24. The van der Waals surface area contributed by atoms with Crippen molar-refractivity contribution in [3.8, 4) is 0 Å². The van der Waals surface area contributed by atoms with Crippen molar-refractivity contribution in [2.24, 2.45) is 5.92 Å². The minimum absolute atomic E-state index is 0.296. The predicted molar refractivity (Wildman–Crippen MR) is 70.6 cm³/mol. The van der Waals surface area contributed by atoms with Crippen molar-refractivity contribution in [2.75, 3.05) is 25.1 Å². The molecule has 1 aromatic rings. The van der Waals surface area contributed by atoms with Gasteiger partial charge in [-0.25, -0.2) is 4.98 Å². The SMILES string of the molecule is COC1CN(c2cccc(CCl)n2)CCC1C. The third-order valence-electron chi connectivity index (χ3n) is 3.45. The predicted octanol–water partition coefficient (Wildman–Crippen LogP) is 2.68. The van der Waals surface area contributed by atoms with E-state index in [0.29, 0.717) is 17.9 Å². The maximum Gasteiger partial charge on any atom is 0.128 e. The average Bonchev–Trinajstić information content (AvgIpc) is 2.39. The van der Waals surface area contributed by atoms with Gasteiger partial charge < -0.3 is 9.64 Å². The molecule has 94 valence electrons. The third-order valence-corrected chi connectivity index (χ3v) is 3.72. The van der Waals surface area contributed by atoms with E-state index in [1.54, 1.807) is 7.11 Å². The van der Waals surface area contributed by atoms with Gasteiger partial charge >= 0.3 is 0 Å². The van der Waals surface area contributed by atoms with Crippen LogP contribution in [-0.2, 0) is 10.6 Å². The molecule has 17 heavy (non-hydrogen) atoms. The fraction of sp³-hybridized carbons (Fsp3) is 0.615. The summed E-state index contributed by atoms with van der Waals surface area (Å²) < 4.78 is 5.52. The Balaban J connectivity index is 2.11. The molecule has 3 nitrogen and oxygen atoms in total. The van der Waals surface area contributed by atoms with Crippen molar-refractivity contribution in [3.63, 3.8) is 0 Å². The van der Waals surface area contributed by atoms with Crippen molar-refractivity contribution >= 4 is 17.4 Å². The number of methoxy groups -OCH3 is 1. The number of aromatic nitrogens is 1. The van der Waals surface area contributed by atoms with Crippen LogP contribution in [0, 0.1) is 5.92 Å². The van der Waals surface area contributed by atoms with E-state index in [4.69, 9.17) is 16.3 Å². The van der Waals surface area contributed by atoms with Crippen molar-refractivity contribution in [3.05, 3.63) is 23.9 Å². The second-order valence-corrected chi connectivity index (χ2v) is 4.87. The van der Waals surface area contributed by atoms with Crippen LogP contribution >= 0.6 is 11.6 Å². The van der Waals surface area contributed by atoms with Gasteiger partial charge in [-0.3, -0.25) is 0 Å². The number of ether oxygens (including phenoxy) is 1. The van der Waals surface area contributed by atoms with Gasteiger partial charge in [0.25, 0.3) is 0 Å². The van der Waals surface area contributed by atoms with Crippen LogP contribution in [0.5, 0.6) is 0 Å². The van der Waals surface area contributed by atoms with Crippen LogP contribution in [0.15, 0.2) is 18.2 Å². The molecule has 4 heteroatoms. The van der Waals surface area contributed by atoms with Crippen LogP contribution in [0.2, 0.25) is 0 Å². The largest absolute Gasteiger partial charge is 0.379 e. The normalized spacial score (nSPS) is 25.0. The molecule has 0 aromatic carbocycles. The first-order chi connectivity index (χ1) is 8.24. The minimum atomic E-state index is 0.296. The standard InChI is InChI=1S/C13H19ClN2O/c1-10-6-7-16(9-12(10)17-2)13-5-3-4-11(8-14)15-13/h3-5,10,12H,6-9H2,1-2H3. The van der Waals surface area contributed by atoms with Crippen LogP contribution < -0.4 is 4.90 Å². The van der Waals surface area contributed by atoms with Crippen LogP contribution in [0.1, 0.15) is 19.0 Å². The summed E-state index contributed by atoms with van der Waals surface area (Å²) in [7, 11) is 1.79. The molecule has 0 spiro atoms. The van der Waals surface area contributed by atoms with E-state index in [1.807, 2.05) is 18.2 Å². The number of halogens is 1. The molecule has 0 amide bonds. The Morgan fingerprint density at radius 2 is 2.35 bits per heavy atom. The van der Waals surface area contributed by atoms with Gasteiger partial charge in [-0.05, 0) is 24.5 Å². The summed E-state index contributed by atoms with van der Waals surface area (Å²) in [5.74, 6) is 2.09. The maximum atomic E-state index is 5.81. The molecule has 0 bridgehead atoms. The number of hydrogen-bond acceptors (Lipinski definition) is 3. The van der Waals surface area contributed by atoms with E-state index in [2.05, 4.69) is 16.8 Å². The molecular weight excluding hydrogens is 236 g/mol. The highest BCUT2D eigenvalue weighted by atomic mass is 35.5. The fourth-order valence-electron chi connectivity index (χ4n) is 2.27. The van der Waals surface area contributed by atoms with Gasteiger partial charge in [0.2, 0.25) is 0 Å². The van der Waals surface area contributed by atoms with E-state index in [9.17, 15) is 0 Å². The Bertz CT molecular complexity index is 372. The summed E-state index contributed by atoms with van der Waals surface area (Å²) in [6.07, 6.45) is 1.44. The van der Waals surface area contributed by atoms with E-state index < -0.39 is 0 Å². The smallest absolute Gasteiger partial charge is 0.128 e. The lowest BCUT2D eigenvalue weighted by atomic mass is 9.96. The first-order valence-corrected chi connectivity index (χ1v) is 6.57. The molecule has 2 rings (SSSR count). The quantitative estimate of drug-likeness (QED) is 0.776. The lowest BCUT2D eigenvalue weighted by molar-refractivity contribution is 0.0496. The summed E-state index contributed by atoms with van der Waals surface area (Å²) >= 11 is 5.81. The molecule has 1 aliphatic rings. The topological polar surface area (TPSA) is 25.4 Å². The number of anilines is 1. The molecule has 1 aromatic heterocycles. The van der Waals surface area contributed by atoms with Crippen LogP contribution in [0.3, 0.4) is 0 Å². The van der Waals surface area contributed by atoms with Gasteiger partial charge in [0.15, 0.2) is 0 Å². The Morgan fingerprint density at radius 3 is 3.06 bits per heavy atom. The number of alkyl halides is 1. The van der Waals surface area contributed by atoms with E-state index in [1.165, 1.54) is 0 Å². The Labute approximate surface area is 108 Å². The molecular formula is C13H19ClN2O. The molecule has 2 heterocycles. The monoisotopic (exact) mass is 254 g/mol. The number of pyridine rings is 1. The van der Waals surface area contributed by atoms with Gasteiger partial charge in [-0.2, -0.15) is 0 Å². The molecule has 0 radical (unpaired) electrons. The highest BCUT2D eigenvalue weighted by molar-refractivity contribution is 6.16. The second-order valence-electron chi connectivity index (χ2n) is 4.61. The molecule has 0 saturated carbocycles. The number of hydrogen-bond donors (Lipinski definition) is 0. The van der Waals surface area contributed by atoms with Crippen molar-refractivity contribution in [2.45, 2.75) is 25.3 Å². The van der Waals surface area contributed by atoms with Gasteiger partial charge in [-0.15, -0.1) is 11.6 Å². The highest BCUT2D eigenvalue weighted by Crippen LogP contribution is 2.23. The molecule has 1 fully saturated rings. The number of nitrogens with zero attached hydrogens (tertiary/aromatic N) is 2. The molecule has 0 aliphatic carbocycles. The first-order valence-electron chi connectivity index (χ1n) is 6.04. The summed E-state index contributed by atoms with van der Waals surface area (Å²) in [6, 6.07) is 6.01. The minimum Gasteiger partial charge on any atom is -0.379 e. The van der Waals surface area contributed by atoms with Crippen LogP contribution in [0.4, 0.5) is 5.82 Å². The van der Waals surface area contributed by atoms with Gasteiger partial charge in [-0.1, -0.05) is 13.0 Å². The lowest BCUT2D eigenvalue weighted by Crippen LogP contribution is -2.44. The Hall–Kier alpha value is -0.800. The first kappa shape index (κ1) is 12.7. The van der Waals surface area contributed by atoms with Crippen molar-refractivity contribution in [1.29, 1.82) is 0 Å². The summed E-state index contributed by atoms with van der Waals surface area (Å²) in [4.78, 5) is 6.83.